The summed E-state index contributed by atoms with van der Waals surface area (Å²) in [7, 11) is 0. The molecule has 0 bridgehead atoms. The Balaban J connectivity index is 2.37. The molecule has 1 rings (SSSR count). The summed E-state index contributed by atoms with van der Waals surface area (Å²) in [6, 6.07) is 0. The SMILES string of the molecule is O=C1CC[Se]N1. The topological polar surface area (TPSA) is 29.1 Å². The number of hydrogen-bond acceptors (Lipinski definition) is 1. The molecule has 3 heteroatoms. The zero-order valence-electron chi connectivity index (χ0n) is 3.23. The standard InChI is InChI=1S/C3H5NOSe/c5-3-1-2-6-4-3/h1-2H2,(H,4,5). The number of carbonyl (C=O) groups is 1. The molecule has 0 radical (unpaired) electrons. The van der Waals surface area contributed by atoms with Crippen molar-refractivity contribution in [1.29, 1.82) is 0 Å². The van der Waals surface area contributed by atoms with E-state index in [-0.39, 0.29) is 5.91 Å². The minimum atomic E-state index is 0.231. The molecular weight excluding hydrogens is 145 g/mol. The van der Waals surface area contributed by atoms with Gasteiger partial charge in [0.1, 0.15) is 0 Å². The van der Waals surface area contributed by atoms with Crippen molar-refractivity contribution < 1.29 is 4.79 Å². The van der Waals surface area contributed by atoms with Gasteiger partial charge in [-0.2, -0.15) is 0 Å². The molecule has 1 N–H and O–H groups in total. The first-order chi connectivity index (χ1) is 2.89. The molecule has 0 unspecified atom stereocenters. The van der Waals surface area contributed by atoms with Crippen molar-refractivity contribution in [1.82, 2.24) is 4.33 Å². The van der Waals surface area contributed by atoms with Crippen LogP contribution in [0, 0.1) is 0 Å². The first-order valence-corrected chi connectivity index (χ1v) is 3.87. The molecule has 34 valence electrons. The van der Waals surface area contributed by atoms with Crippen LogP contribution in [0.25, 0.3) is 0 Å². The van der Waals surface area contributed by atoms with E-state index in [4.69, 9.17) is 0 Å². The summed E-state index contributed by atoms with van der Waals surface area (Å²) in [5, 5.41) is 1.09. The predicted octanol–water partition coefficient (Wildman–Crippen LogP) is -0.456. The number of nitrogens with one attached hydrogen (secondary N) is 1. The van der Waals surface area contributed by atoms with Gasteiger partial charge in [0, 0.05) is 0 Å². The Morgan fingerprint density at radius 1 is 1.83 bits per heavy atom. The Hall–Kier alpha value is -0.0105. The number of carbonyl (C=O) groups excluding carboxylic acids is 1. The second-order valence-corrected chi connectivity index (χ2v) is 3.01. The molecule has 0 aromatic rings. The fraction of sp³-hybridized carbons (Fsp3) is 0.667. The third-order valence-electron chi connectivity index (χ3n) is 0.617. The Morgan fingerprint density at radius 3 is 2.83 bits per heavy atom. The summed E-state index contributed by atoms with van der Waals surface area (Å²) in [5.41, 5.74) is 0. The van der Waals surface area contributed by atoms with E-state index < -0.39 is 0 Å². The Labute approximate surface area is 42.7 Å². The third kappa shape index (κ3) is 0.730. The summed E-state index contributed by atoms with van der Waals surface area (Å²) >= 11 is 0.442. The van der Waals surface area contributed by atoms with Crippen molar-refractivity contribution >= 4 is 21.1 Å². The molecule has 0 aromatic heterocycles. The summed E-state index contributed by atoms with van der Waals surface area (Å²) in [5.74, 6) is 0.231. The van der Waals surface area contributed by atoms with Crippen LogP contribution in [0.4, 0.5) is 0 Å². The van der Waals surface area contributed by atoms with E-state index in [2.05, 4.69) is 4.33 Å². The van der Waals surface area contributed by atoms with Gasteiger partial charge in [0.15, 0.2) is 0 Å². The van der Waals surface area contributed by atoms with Gasteiger partial charge in [-0.3, -0.25) is 0 Å². The van der Waals surface area contributed by atoms with E-state index >= 15 is 0 Å². The quantitative estimate of drug-likeness (QED) is 0.465. The van der Waals surface area contributed by atoms with Crippen molar-refractivity contribution in [3.05, 3.63) is 0 Å². The number of hydrogen-bond donors (Lipinski definition) is 1. The molecule has 6 heavy (non-hydrogen) atoms. The maximum atomic E-state index is 10.1. The van der Waals surface area contributed by atoms with E-state index in [9.17, 15) is 4.79 Å². The van der Waals surface area contributed by atoms with Gasteiger partial charge in [-0.05, 0) is 0 Å². The van der Waals surface area contributed by atoms with Crippen LogP contribution in [0.5, 0.6) is 0 Å². The molecule has 0 aliphatic carbocycles. The van der Waals surface area contributed by atoms with Gasteiger partial charge in [0.2, 0.25) is 0 Å². The minimum absolute atomic E-state index is 0.231. The van der Waals surface area contributed by atoms with Gasteiger partial charge in [-0.25, -0.2) is 0 Å². The summed E-state index contributed by atoms with van der Waals surface area (Å²) in [6.07, 6.45) is 0.764. The van der Waals surface area contributed by atoms with Gasteiger partial charge in [0.05, 0.1) is 0 Å². The van der Waals surface area contributed by atoms with Gasteiger partial charge in [-0.15, -0.1) is 0 Å². The number of amides is 1. The van der Waals surface area contributed by atoms with Crippen LogP contribution in [0.15, 0.2) is 0 Å². The molecule has 1 fully saturated rings. The average Bonchev–Trinajstić information content (AvgIpc) is 1.86. The molecule has 1 saturated heterocycles. The number of rotatable bonds is 0. The summed E-state index contributed by atoms with van der Waals surface area (Å²) in [6.45, 7) is 0. The van der Waals surface area contributed by atoms with Crippen molar-refractivity contribution in [2.24, 2.45) is 0 Å². The molecule has 1 aliphatic rings. The average molecular weight is 150 g/mol. The zero-order chi connectivity index (χ0) is 4.41. The zero-order valence-corrected chi connectivity index (χ0v) is 4.94. The third-order valence-corrected chi connectivity index (χ3v) is 2.25. The molecule has 0 saturated carbocycles. The Bertz CT molecular complexity index is 65.2. The van der Waals surface area contributed by atoms with Crippen LogP contribution in [0.1, 0.15) is 6.42 Å². The van der Waals surface area contributed by atoms with Gasteiger partial charge in [-0.1, -0.05) is 0 Å². The van der Waals surface area contributed by atoms with Crippen molar-refractivity contribution in [2.45, 2.75) is 11.7 Å². The second-order valence-electron chi connectivity index (χ2n) is 1.12. The molecule has 0 aromatic carbocycles. The molecule has 1 aliphatic heterocycles. The van der Waals surface area contributed by atoms with E-state index in [1.807, 2.05) is 0 Å². The monoisotopic (exact) mass is 151 g/mol. The molecule has 1 amide bonds. The fourth-order valence-electron chi connectivity index (χ4n) is 0.326. The van der Waals surface area contributed by atoms with Crippen LogP contribution in [-0.4, -0.2) is 21.1 Å². The van der Waals surface area contributed by atoms with Crippen molar-refractivity contribution in [3.63, 3.8) is 0 Å². The Kier molecular flexibility index (Phi) is 1.13. The molecule has 2 nitrogen and oxygen atoms in total. The van der Waals surface area contributed by atoms with Crippen LogP contribution in [0.2, 0.25) is 5.32 Å². The van der Waals surface area contributed by atoms with Crippen LogP contribution < -0.4 is 4.33 Å². The van der Waals surface area contributed by atoms with Crippen LogP contribution in [0.3, 0.4) is 0 Å². The van der Waals surface area contributed by atoms with Gasteiger partial charge < -0.3 is 0 Å². The first kappa shape index (κ1) is 4.16. The maximum absolute atomic E-state index is 10.1. The van der Waals surface area contributed by atoms with Gasteiger partial charge >= 0.3 is 41.9 Å². The molecular formula is C3H5NOSe. The second kappa shape index (κ2) is 1.63. The van der Waals surface area contributed by atoms with E-state index in [0.717, 1.165) is 11.7 Å². The van der Waals surface area contributed by atoms with E-state index in [0.29, 0.717) is 15.2 Å². The summed E-state index contributed by atoms with van der Waals surface area (Å²) in [4.78, 5) is 10.1. The first-order valence-electron chi connectivity index (χ1n) is 1.80. The predicted molar refractivity (Wildman–Crippen MR) is 23.3 cm³/mol. The van der Waals surface area contributed by atoms with E-state index in [1.54, 1.807) is 0 Å². The van der Waals surface area contributed by atoms with Gasteiger partial charge in [0.25, 0.3) is 0 Å². The summed E-state index contributed by atoms with van der Waals surface area (Å²) < 4.78 is 2.74. The van der Waals surface area contributed by atoms with Crippen LogP contribution in [-0.2, 0) is 4.79 Å². The molecule has 1 heterocycles. The molecule has 0 atom stereocenters. The van der Waals surface area contributed by atoms with Crippen molar-refractivity contribution in [3.8, 4) is 0 Å². The molecule has 0 spiro atoms. The van der Waals surface area contributed by atoms with Crippen molar-refractivity contribution in [2.75, 3.05) is 0 Å². The van der Waals surface area contributed by atoms with Crippen LogP contribution >= 0.6 is 0 Å². The normalized spacial score (nSPS) is 21.0. The fourth-order valence-corrected chi connectivity index (χ4v) is 1.70. The van der Waals surface area contributed by atoms with E-state index in [1.165, 1.54) is 0 Å². The Morgan fingerprint density at radius 2 is 2.67 bits per heavy atom.